The standard InChI is InChI=1S/C23H24BN4O/c1-15-13-20-19-12-11-16(2)25-22(19)29-23(20)27(5)24(15)21-14-28(17(3)26(21)4)18-9-7-6-8-10-18/h6-14H,1-5H3/q+1/i3D3. The fourth-order valence-corrected chi connectivity index (χ4v) is 4.24. The number of pyridine rings is 1. The first kappa shape index (κ1) is 14.7. The number of rotatable bonds is 2. The summed E-state index contributed by atoms with van der Waals surface area (Å²) in [5, 5.41) is 0.977. The summed E-state index contributed by atoms with van der Waals surface area (Å²) < 4.78 is 34.2. The van der Waals surface area contributed by atoms with Gasteiger partial charge in [-0.05, 0) is 45.2 Å². The lowest BCUT2D eigenvalue weighted by Gasteiger charge is -2.28. The van der Waals surface area contributed by atoms with E-state index < -0.39 is 6.85 Å². The van der Waals surface area contributed by atoms with Crippen LogP contribution in [0.3, 0.4) is 0 Å². The third-order valence-electron chi connectivity index (χ3n) is 5.73. The predicted molar refractivity (Wildman–Crippen MR) is 118 cm³/mol. The van der Waals surface area contributed by atoms with Crippen molar-refractivity contribution >= 4 is 35.5 Å². The summed E-state index contributed by atoms with van der Waals surface area (Å²) in [5.74, 6) is 0.990. The minimum absolute atomic E-state index is 0.180. The van der Waals surface area contributed by atoms with Crippen molar-refractivity contribution in [3.05, 3.63) is 71.2 Å². The average molecular weight is 386 g/mol. The van der Waals surface area contributed by atoms with Gasteiger partial charge in [0, 0.05) is 27.6 Å². The fraction of sp³-hybridized carbons (Fsp3) is 0.217. The second-order valence-electron chi connectivity index (χ2n) is 7.67. The largest absolute Gasteiger partial charge is 0.423 e. The van der Waals surface area contributed by atoms with Crippen molar-refractivity contribution in [2.75, 3.05) is 11.9 Å². The molecule has 5 rings (SSSR count). The van der Waals surface area contributed by atoms with E-state index in [1.165, 1.54) is 0 Å². The molecular weight excluding hydrogens is 359 g/mol. The van der Waals surface area contributed by atoms with Gasteiger partial charge in [-0.3, -0.25) is 0 Å². The van der Waals surface area contributed by atoms with Gasteiger partial charge in [0.05, 0.1) is 7.05 Å². The first-order valence-electron chi connectivity index (χ1n) is 11.1. The van der Waals surface area contributed by atoms with Crippen LogP contribution in [0.1, 0.15) is 28.1 Å². The van der Waals surface area contributed by atoms with E-state index >= 15 is 0 Å². The Morgan fingerprint density at radius 3 is 2.66 bits per heavy atom. The molecule has 0 amide bonds. The maximum Gasteiger partial charge on any atom is 0.373 e. The second-order valence-corrected chi connectivity index (χ2v) is 7.67. The summed E-state index contributed by atoms with van der Waals surface area (Å²) in [7, 11) is 3.79. The third-order valence-corrected chi connectivity index (χ3v) is 5.73. The highest BCUT2D eigenvalue weighted by Gasteiger charge is 2.39. The van der Waals surface area contributed by atoms with Crippen molar-refractivity contribution in [1.82, 2.24) is 9.55 Å². The number of aryl methyl sites for hydroxylation is 1. The maximum atomic E-state index is 8.18. The van der Waals surface area contributed by atoms with Crippen molar-refractivity contribution in [1.29, 1.82) is 0 Å². The second kappa shape index (κ2) is 6.37. The molecular formula is C23H24BN4O+. The van der Waals surface area contributed by atoms with E-state index in [0.29, 0.717) is 5.71 Å². The Morgan fingerprint density at radius 1 is 1.10 bits per heavy atom. The number of benzene rings is 1. The van der Waals surface area contributed by atoms with E-state index in [1.54, 1.807) is 9.13 Å². The van der Waals surface area contributed by atoms with E-state index in [-0.39, 0.29) is 12.7 Å². The van der Waals surface area contributed by atoms with Crippen LogP contribution in [0.5, 0.6) is 0 Å². The van der Waals surface area contributed by atoms with Crippen molar-refractivity contribution in [3.8, 4) is 5.69 Å². The quantitative estimate of drug-likeness (QED) is 0.392. The maximum absolute atomic E-state index is 8.18. The van der Waals surface area contributed by atoms with Crippen molar-refractivity contribution < 1.29 is 13.1 Å². The number of hydrogen-bond acceptors (Lipinski definition) is 3. The number of hydrogen-bond donors (Lipinski definition) is 0. The summed E-state index contributed by atoms with van der Waals surface area (Å²) in [6.07, 6.45) is 4.04. The first-order valence-corrected chi connectivity index (χ1v) is 9.65. The molecule has 4 heterocycles. The number of aromatic nitrogens is 3. The molecule has 0 saturated carbocycles. The van der Waals surface area contributed by atoms with Gasteiger partial charge in [-0.15, -0.1) is 0 Å². The Balaban J connectivity index is 1.69. The van der Waals surface area contributed by atoms with Crippen LogP contribution < -0.4 is 15.0 Å². The van der Waals surface area contributed by atoms with Gasteiger partial charge >= 0.3 is 6.85 Å². The highest BCUT2D eigenvalue weighted by Crippen LogP contribution is 2.37. The Bertz CT molecular complexity index is 1370. The number of para-hydroxylation sites is 1. The lowest BCUT2D eigenvalue weighted by atomic mass is 9.50. The molecule has 0 fully saturated rings. The molecule has 0 spiro atoms. The van der Waals surface area contributed by atoms with Crippen LogP contribution in [0.25, 0.3) is 22.9 Å². The van der Waals surface area contributed by atoms with E-state index in [9.17, 15) is 0 Å². The number of imidazole rings is 1. The summed E-state index contributed by atoms with van der Waals surface area (Å²) in [6, 6.07) is 13.6. The van der Waals surface area contributed by atoms with Crippen molar-refractivity contribution in [2.24, 2.45) is 7.05 Å². The molecule has 0 bridgehead atoms. The van der Waals surface area contributed by atoms with Crippen LogP contribution in [-0.4, -0.2) is 23.4 Å². The van der Waals surface area contributed by atoms with Gasteiger partial charge in [0.1, 0.15) is 17.5 Å². The van der Waals surface area contributed by atoms with Crippen LogP contribution in [0.4, 0.5) is 5.88 Å². The molecule has 5 nitrogen and oxygen atoms in total. The zero-order valence-corrected chi connectivity index (χ0v) is 17.0. The van der Waals surface area contributed by atoms with Gasteiger partial charge in [-0.2, -0.15) is 0 Å². The van der Waals surface area contributed by atoms with Crippen molar-refractivity contribution in [3.63, 3.8) is 0 Å². The van der Waals surface area contributed by atoms with Gasteiger partial charge < -0.3 is 9.23 Å². The Labute approximate surface area is 175 Å². The molecule has 0 radical (unpaired) electrons. The number of furan rings is 1. The van der Waals surface area contributed by atoms with Crippen molar-refractivity contribution in [2.45, 2.75) is 20.7 Å². The van der Waals surface area contributed by atoms with Gasteiger partial charge in [0.25, 0.3) is 5.82 Å². The number of anilines is 1. The van der Waals surface area contributed by atoms with Crippen LogP contribution >= 0.6 is 0 Å². The Hall–Kier alpha value is -3.28. The Morgan fingerprint density at radius 2 is 1.90 bits per heavy atom. The lowest BCUT2D eigenvalue weighted by molar-refractivity contribution is -0.601. The third kappa shape index (κ3) is 2.63. The van der Waals surface area contributed by atoms with Crippen LogP contribution in [0.2, 0.25) is 0 Å². The van der Waals surface area contributed by atoms with E-state index in [1.807, 2.05) is 69.7 Å². The first-order chi connectivity index (χ1) is 15.2. The minimum Gasteiger partial charge on any atom is -0.423 e. The minimum atomic E-state index is -2.28. The van der Waals surface area contributed by atoms with E-state index in [4.69, 9.17) is 8.53 Å². The molecule has 29 heavy (non-hydrogen) atoms. The van der Waals surface area contributed by atoms with E-state index in [0.717, 1.165) is 39.3 Å². The molecule has 1 aliphatic heterocycles. The monoisotopic (exact) mass is 386 g/mol. The van der Waals surface area contributed by atoms with Gasteiger partial charge in [-0.1, -0.05) is 29.7 Å². The van der Waals surface area contributed by atoms with Crippen LogP contribution in [-0.2, 0) is 7.05 Å². The number of nitrogens with zero attached hydrogens (tertiary/aromatic N) is 4. The molecule has 3 aromatic heterocycles. The van der Waals surface area contributed by atoms with Gasteiger partial charge in [-0.25, -0.2) is 14.1 Å². The normalized spacial score (nSPS) is 15.7. The fourth-order valence-electron chi connectivity index (χ4n) is 4.24. The molecule has 0 unspecified atom stereocenters. The number of allylic oxidation sites excluding steroid dienone is 1. The summed E-state index contributed by atoms with van der Waals surface area (Å²) in [5.41, 5.74) is 5.29. The molecule has 6 heteroatoms. The molecule has 0 saturated heterocycles. The molecule has 4 aromatic rings. The zero-order valence-electron chi connectivity index (χ0n) is 20.0. The predicted octanol–water partition coefficient (Wildman–Crippen LogP) is 3.35. The van der Waals surface area contributed by atoms with Crippen LogP contribution in [0, 0.1) is 13.8 Å². The summed E-state index contributed by atoms with van der Waals surface area (Å²) in [6.45, 7) is 1.55. The zero-order chi connectivity index (χ0) is 22.8. The van der Waals surface area contributed by atoms with E-state index in [2.05, 4.69) is 22.8 Å². The molecule has 0 aliphatic carbocycles. The van der Waals surface area contributed by atoms with Crippen LogP contribution in [0.15, 0.2) is 58.6 Å². The molecule has 1 aliphatic rings. The average Bonchev–Trinajstić information content (AvgIpc) is 3.26. The van der Waals surface area contributed by atoms with Gasteiger partial charge in [0.15, 0.2) is 5.88 Å². The Kier molecular flexibility index (Phi) is 3.23. The number of fused-ring (bicyclic) bond motifs is 3. The highest BCUT2D eigenvalue weighted by molar-refractivity contribution is 6.83. The molecule has 144 valence electrons. The molecule has 0 N–H and O–H groups in total. The molecule has 0 atom stereocenters. The topological polar surface area (TPSA) is 38.1 Å². The van der Waals surface area contributed by atoms with Gasteiger partial charge in [0.2, 0.25) is 5.71 Å². The summed E-state index contributed by atoms with van der Waals surface area (Å²) >= 11 is 0. The lowest BCUT2D eigenvalue weighted by Crippen LogP contribution is -2.51. The summed E-state index contributed by atoms with van der Waals surface area (Å²) in [4.78, 5) is 6.60. The smallest absolute Gasteiger partial charge is 0.373 e. The molecule has 1 aromatic carbocycles. The highest BCUT2D eigenvalue weighted by atomic mass is 16.4. The SMILES string of the molecule is [2H]C([2H])([2H])c1n(C)c(B2C(C)=Cc3c(oc4nc(C)ccc34)N2C)c[n+]1-c1ccccc1.